The quantitative estimate of drug-likeness (QED) is 0.803. The van der Waals surface area contributed by atoms with Gasteiger partial charge in [0.2, 0.25) is 5.95 Å². The van der Waals surface area contributed by atoms with Gasteiger partial charge in [0.1, 0.15) is 5.82 Å². The molecule has 0 saturated carbocycles. The van der Waals surface area contributed by atoms with Gasteiger partial charge in [-0.05, 0) is 37.5 Å². The smallest absolute Gasteiger partial charge is 0.409 e. The van der Waals surface area contributed by atoms with Gasteiger partial charge in [0, 0.05) is 25.7 Å². The number of carbonyl (C=O) groups is 1. The molecule has 9 heteroatoms. The van der Waals surface area contributed by atoms with Crippen LogP contribution in [0.1, 0.15) is 25.3 Å². The molecule has 144 valence electrons. The summed E-state index contributed by atoms with van der Waals surface area (Å²) in [5.41, 5.74) is 0.921. The fourth-order valence-electron chi connectivity index (χ4n) is 2.86. The van der Waals surface area contributed by atoms with Crippen molar-refractivity contribution in [3.05, 3.63) is 41.8 Å². The zero-order valence-corrected chi connectivity index (χ0v) is 15.2. The maximum Gasteiger partial charge on any atom is 0.409 e. The maximum absolute atomic E-state index is 12.9. The molecule has 3 rings (SSSR count). The Kier molecular flexibility index (Phi) is 6.35. The number of ether oxygens (including phenoxy) is 1. The van der Waals surface area contributed by atoms with Crippen LogP contribution in [0.15, 0.2) is 30.5 Å². The first-order chi connectivity index (χ1) is 13.1. The van der Waals surface area contributed by atoms with Crippen LogP contribution >= 0.6 is 0 Å². The van der Waals surface area contributed by atoms with Crippen LogP contribution in [0.4, 0.5) is 21.0 Å². The summed E-state index contributed by atoms with van der Waals surface area (Å²) in [7, 11) is 0. The van der Waals surface area contributed by atoms with E-state index < -0.39 is 0 Å². The monoisotopic (exact) mass is 374 g/mol. The fourth-order valence-corrected chi connectivity index (χ4v) is 2.86. The molecule has 1 aliphatic heterocycles. The third kappa shape index (κ3) is 5.50. The van der Waals surface area contributed by atoms with Crippen molar-refractivity contribution in [2.75, 3.05) is 30.3 Å². The highest BCUT2D eigenvalue weighted by atomic mass is 19.1. The summed E-state index contributed by atoms with van der Waals surface area (Å²) < 4.78 is 18.0. The molecular formula is C18H23FN6O2. The number of likely N-dealkylation sites (tertiary alicyclic amines) is 1. The van der Waals surface area contributed by atoms with Crippen molar-refractivity contribution in [3.8, 4) is 0 Å². The van der Waals surface area contributed by atoms with Crippen molar-refractivity contribution in [1.82, 2.24) is 20.1 Å². The molecule has 2 N–H and O–H groups in total. The van der Waals surface area contributed by atoms with Crippen molar-refractivity contribution in [2.24, 2.45) is 0 Å². The maximum atomic E-state index is 12.9. The lowest BCUT2D eigenvalue weighted by atomic mass is 10.1. The highest BCUT2D eigenvalue weighted by molar-refractivity contribution is 5.67. The van der Waals surface area contributed by atoms with Gasteiger partial charge >= 0.3 is 6.09 Å². The van der Waals surface area contributed by atoms with Gasteiger partial charge in [-0.15, -0.1) is 5.10 Å². The van der Waals surface area contributed by atoms with Gasteiger partial charge in [-0.2, -0.15) is 10.1 Å². The van der Waals surface area contributed by atoms with E-state index in [-0.39, 0.29) is 18.0 Å². The van der Waals surface area contributed by atoms with E-state index in [9.17, 15) is 9.18 Å². The van der Waals surface area contributed by atoms with Crippen LogP contribution in [0.5, 0.6) is 0 Å². The highest BCUT2D eigenvalue weighted by Crippen LogP contribution is 2.16. The van der Waals surface area contributed by atoms with Gasteiger partial charge in [0.25, 0.3) is 0 Å². The number of benzene rings is 1. The molecule has 2 aromatic rings. The minimum absolute atomic E-state index is 0.206. The zero-order valence-electron chi connectivity index (χ0n) is 15.2. The van der Waals surface area contributed by atoms with Crippen LogP contribution in [0.2, 0.25) is 0 Å². The normalized spacial score (nSPS) is 14.7. The lowest BCUT2D eigenvalue weighted by Gasteiger charge is -2.31. The first-order valence-electron chi connectivity index (χ1n) is 9.00. The van der Waals surface area contributed by atoms with E-state index in [1.54, 1.807) is 30.2 Å². The Bertz CT molecular complexity index is 750. The number of piperidine rings is 1. The molecule has 27 heavy (non-hydrogen) atoms. The number of hydrogen-bond donors (Lipinski definition) is 2. The molecule has 0 atom stereocenters. The summed E-state index contributed by atoms with van der Waals surface area (Å²) in [5, 5.41) is 14.3. The molecule has 0 radical (unpaired) electrons. The number of nitrogens with one attached hydrogen (secondary N) is 2. The second kappa shape index (κ2) is 9.11. The van der Waals surface area contributed by atoms with Crippen molar-refractivity contribution in [2.45, 2.75) is 32.4 Å². The van der Waals surface area contributed by atoms with Crippen LogP contribution in [0, 0.1) is 5.82 Å². The van der Waals surface area contributed by atoms with Crippen LogP contribution in [-0.4, -0.2) is 51.9 Å². The summed E-state index contributed by atoms with van der Waals surface area (Å²) in [4.78, 5) is 17.9. The number of nitrogens with zero attached hydrogens (tertiary/aromatic N) is 4. The Morgan fingerprint density at radius 2 is 2.04 bits per heavy atom. The second-order valence-electron chi connectivity index (χ2n) is 6.25. The summed E-state index contributed by atoms with van der Waals surface area (Å²) in [6, 6.07) is 6.44. The Balaban J connectivity index is 1.49. The molecule has 8 nitrogen and oxygen atoms in total. The van der Waals surface area contributed by atoms with Gasteiger partial charge < -0.3 is 20.3 Å². The van der Waals surface area contributed by atoms with Crippen molar-refractivity contribution in [3.63, 3.8) is 0 Å². The molecular weight excluding hydrogens is 351 g/mol. The lowest BCUT2D eigenvalue weighted by molar-refractivity contribution is 0.0983. The van der Waals surface area contributed by atoms with E-state index in [0.29, 0.717) is 38.0 Å². The number of hydrogen-bond acceptors (Lipinski definition) is 7. The largest absolute Gasteiger partial charge is 0.450 e. The predicted molar refractivity (Wildman–Crippen MR) is 98.8 cm³/mol. The molecule has 1 fully saturated rings. The summed E-state index contributed by atoms with van der Waals surface area (Å²) >= 11 is 0. The number of aromatic nitrogens is 3. The average molecular weight is 374 g/mol. The molecule has 1 saturated heterocycles. The van der Waals surface area contributed by atoms with Crippen LogP contribution in [0.25, 0.3) is 0 Å². The Labute approximate surface area is 157 Å². The van der Waals surface area contributed by atoms with Gasteiger partial charge in [-0.25, -0.2) is 9.18 Å². The molecule has 1 amide bonds. The number of rotatable bonds is 6. The van der Waals surface area contributed by atoms with Gasteiger partial charge in [0.05, 0.1) is 12.8 Å². The van der Waals surface area contributed by atoms with E-state index in [4.69, 9.17) is 4.74 Å². The number of carbonyl (C=O) groups excluding carboxylic acids is 1. The zero-order chi connectivity index (χ0) is 19.1. The number of anilines is 2. The third-order valence-corrected chi connectivity index (χ3v) is 4.30. The average Bonchev–Trinajstić information content (AvgIpc) is 2.69. The summed E-state index contributed by atoms with van der Waals surface area (Å²) in [5.74, 6) is 0.756. The van der Waals surface area contributed by atoms with E-state index in [2.05, 4.69) is 25.8 Å². The molecule has 1 aromatic heterocycles. The highest BCUT2D eigenvalue weighted by Gasteiger charge is 2.23. The third-order valence-electron chi connectivity index (χ3n) is 4.30. The van der Waals surface area contributed by atoms with E-state index in [1.165, 1.54) is 12.1 Å². The van der Waals surface area contributed by atoms with Gasteiger partial charge in [0.15, 0.2) is 5.82 Å². The van der Waals surface area contributed by atoms with Crippen molar-refractivity contribution < 1.29 is 13.9 Å². The number of amides is 1. The van der Waals surface area contributed by atoms with Crippen LogP contribution in [0.3, 0.4) is 0 Å². The van der Waals surface area contributed by atoms with Crippen molar-refractivity contribution >= 4 is 17.9 Å². The van der Waals surface area contributed by atoms with Gasteiger partial charge in [-0.3, -0.25) is 0 Å². The topological polar surface area (TPSA) is 92.3 Å². The minimum atomic E-state index is -0.267. The molecule has 0 aliphatic carbocycles. The molecule has 0 bridgehead atoms. The molecule has 0 unspecified atom stereocenters. The second-order valence-corrected chi connectivity index (χ2v) is 6.25. The summed E-state index contributed by atoms with van der Waals surface area (Å²) in [6.07, 6.45) is 2.93. The predicted octanol–water partition coefficient (Wildman–Crippen LogP) is 2.66. The van der Waals surface area contributed by atoms with E-state index >= 15 is 0 Å². The lowest BCUT2D eigenvalue weighted by Crippen LogP contribution is -2.42. The van der Waals surface area contributed by atoms with Crippen LogP contribution < -0.4 is 10.6 Å². The molecule has 0 spiro atoms. The summed E-state index contributed by atoms with van der Waals surface area (Å²) in [6.45, 7) is 3.95. The molecule has 2 heterocycles. The number of halogens is 1. The van der Waals surface area contributed by atoms with Gasteiger partial charge in [-0.1, -0.05) is 12.1 Å². The Hall–Kier alpha value is -2.97. The van der Waals surface area contributed by atoms with Crippen LogP contribution in [-0.2, 0) is 11.3 Å². The molecule has 1 aromatic carbocycles. The Morgan fingerprint density at radius 3 is 2.74 bits per heavy atom. The molecule has 1 aliphatic rings. The van der Waals surface area contributed by atoms with E-state index in [0.717, 1.165) is 18.4 Å². The minimum Gasteiger partial charge on any atom is -0.450 e. The SMILES string of the molecule is CCOC(=O)N1CCC(Nc2cnnc(NCc3ccc(F)cc3)n2)CC1. The first-order valence-corrected chi connectivity index (χ1v) is 9.00. The van der Waals surface area contributed by atoms with E-state index in [1.807, 2.05) is 0 Å². The Morgan fingerprint density at radius 1 is 1.30 bits per heavy atom. The fraction of sp³-hybridized carbons (Fsp3) is 0.444. The van der Waals surface area contributed by atoms with Crippen molar-refractivity contribution in [1.29, 1.82) is 0 Å². The standard InChI is InChI=1S/C18H23FN6O2/c1-2-27-18(26)25-9-7-15(8-10-25)22-16-12-21-24-17(23-16)20-11-13-3-5-14(19)6-4-13/h3-6,12,15H,2,7-11H2,1H3,(H2,20,22,23,24). The first kappa shape index (κ1) is 18.8.